The predicted octanol–water partition coefficient (Wildman–Crippen LogP) is 3.52. The number of aryl methyl sites for hydroxylation is 1. The number of ether oxygens (including phenoxy) is 1. The van der Waals surface area contributed by atoms with Crippen molar-refractivity contribution in [2.75, 3.05) is 11.9 Å². The SMILES string of the molecule is Cc1nc(-c2ccncc2)nc(NC2CCCC3OCCC23)c1C. The topological polar surface area (TPSA) is 59.9 Å². The van der Waals surface area contributed by atoms with Crippen LogP contribution in [0.2, 0.25) is 0 Å². The van der Waals surface area contributed by atoms with Gasteiger partial charge in [0.05, 0.1) is 6.10 Å². The summed E-state index contributed by atoms with van der Waals surface area (Å²) < 4.78 is 5.89. The molecule has 24 heavy (non-hydrogen) atoms. The molecule has 3 heterocycles. The van der Waals surface area contributed by atoms with Crippen LogP contribution in [0.15, 0.2) is 24.5 Å². The standard InChI is InChI=1S/C19H24N4O/c1-12-13(2)21-19(14-6-9-20-10-7-14)23-18(12)22-16-4-3-5-17-15(16)8-11-24-17/h6-7,9-10,15-17H,3-5,8,11H2,1-2H3,(H,21,22,23). The van der Waals surface area contributed by atoms with Gasteiger partial charge in [-0.05, 0) is 51.7 Å². The molecule has 2 aliphatic rings. The van der Waals surface area contributed by atoms with Gasteiger partial charge in [0, 0.05) is 47.8 Å². The van der Waals surface area contributed by atoms with Gasteiger partial charge in [-0.3, -0.25) is 4.98 Å². The van der Waals surface area contributed by atoms with Crippen molar-refractivity contribution >= 4 is 5.82 Å². The molecule has 0 spiro atoms. The number of pyridine rings is 1. The fourth-order valence-electron chi connectivity index (χ4n) is 3.93. The third-order valence-corrected chi connectivity index (χ3v) is 5.43. The number of hydrogen-bond acceptors (Lipinski definition) is 5. The molecule has 0 radical (unpaired) electrons. The monoisotopic (exact) mass is 324 g/mol. The molecule has 4 rings (SSSR count). The van der Waals surface area contributed by atoms with E-state index in [1.165, 1.54) is 19.3 Å². The van der Waals surface area contributed by atoms with Gasteiger partial charge in [0.25, 0.3) is 0 Å². The van der Waals surface area contributed by atoms with E-state index in [-0.39, 0.29) is 0 Å². The van der Waals surface area contributed by atoms with Crippen LogP contribution in [0.3, 0.4) is 0 Å². The lowest BCUT2D eigenvalue weighted by atomic mass is 9.82. The highest BCUT2D eigenvalue weighted by Gasteiger charge is 2.37. The van der Waals surface area contributed by atoms with Crippen LogP contribution >= 0.6 is 0 Å². The van der Waals surface area contributed by atoms with Crippen molar-refractivity contribution in [3.05, 3.63) is 35.8 Å². The van der Waals surface area contributed by atoms with Crippen molar-refractivity contribution in [3.8, 4) is 11.4 Å². The molecule has 1 saturated carbocycles. The molecular weight excluding hydrogens is 300 g/mol. The molecule has 0 aromatic carbocycles. The van der Waals surface area contributed by atoms with Crippen molar-refractivity contribution in [1.82, 2.24) is 15.0 Å². The number of fused-ring (bicyclic) bond motifs is 1. The Morgan fingerprint density at radius 3 is 2.75 bits per heavy atom. The highest BCUT2D eigenvalue weighted by Crippen LogP contribution is 2.36. The Kier molecular flexibility index (Phi) is 4.19. The van der Waals surface area contributed by atoms with Crippen LogP contribution in [0, 0.1) is 19.8 Å². The molecule has 2 aromatic rings. The second kappa shape index (κ2) is 6.48. The number of rotatable bonds is 3. The second-order valence-electron chi connectivity index (χ2n) is 6.89. The molecule has 5 heteroatoms. The molecule has 1 aliphatic heterocycles. The first-order valence-electron chi connectivity index (χ1n) is 8.86. The van der Waals surface area contributed by atoms with Gasteiger partial charge in [-0.2, -0.15) is 0 Å². The molecule has 126 valence electrons. The van der Waals surface area contributed by atoms with E-state index in [1.807, 2.05) is 12.1 Å². The first-order valence-corrected chi connectivity index (χ1v) is 8.86. The van der Waals surface area contributed by atoms with Crippen LogP contribution in [0.5, 0.6) is 0 Å². The second-order valence-corrected chi connectivity index (χ2v) is 6.89. The van der Waals surface area contributed by atoms with Gasteiger partial charge in [0.2, 0.25) is 0 Å². The normalized spacial score (nSPS) is 26.2. The summed E-state index contributed by atoms with van der Waals surface area (Å²) in [5.41, 5.74) is 3.16. The zero-order valence-corrected chi connectivity index (χ0v) is 14.3. The van der Waals surface area contributed by atoms with Crippen molar-refractivity contribution in [3.63, 3.8) is 0 Å². The molecule has 1 N–H and O–H groups in total. The van der Waals surface area contributed by atoms with Gasteiger partial charge in [-0.15, -0.1) is 0 Å². The summed E-state index contributed by atoms with van der Waals surface area (Å²) in [7, 11) is 0. The van der Waals surface area contributed by atoms with Crippen molar-refractivity contribution < 1.29 is 4.74 Å². The third-order valence-electron chi connectivity index (χ3n) is 5.43. The summed E-state index contributed by atoms with van der Waals surface area (Å²) in [6.45, 7) is 5.05. The van der Waals surface area contributed by atoms with Gasteiger partial charge in [-0.25, -0.2) is 9.97 Å². The van der Waals surface area contributed by atoms with Crippen LogP contribution in [0.1, 0.15) is 36.9 Å². The van der Waals surface area contributed by atoms with E-state index in [1.54, 1.807) is 12.4 Å². The summed E-state index contributed by atoms with van der Waals surface area (Å²) in [6.07, 6.45) is 8.76. The Hall–Kier alpha value is -2.01. The van der Waals surface area contributed by atoms with Gasteiger partial charge in [0.1, 0.15) is 5.82 Å². The van der Waals surface area contributed by atoms with Crippen LogP contribution in [0.4, 0.5) is 5.82 Å². The lowest BCUT2D eigenvalue weighted by Gasteiger charge is -2.34. The first kappa shape index (κ1) is 15.5. The van der Waals surface area contributed by atoms with E-state index in [2.05, 4.69) is 29.1 Å². The Morgan fingerprint density at radius 1 is 1.08 bits per heavy atom. The Bertz CT molecular complexity index is 719. The number of anilines is 1. The molecule has 0 bridgehead atoms. The smallest absolute Gasteiger partial charge is 0.161 e. The van der Waals surface area contributed by atoms with Crippen molar-refractivity contribution in [1.29, 1.82) is 0 Å². The number of nitrogens with one attached hydrogen (secondary N) is 1. The van der Waals surface area contributed by atoms with E-state index in [0.29, 0.717) is 18.1 Å². The zero-order valence-electron chi connectivity index (χ0n) is 14.3. The molecule has 2 aromatic heterocycles. The molecule has 1 aliphatic carbocycles. The van der Waals surface area contributed by atoms with E-state index in [0.717, 1.165) is 41.5 Å². The van der Waals surface area contributed by atoms with E-state index in [4.69, 9.17) is 9.72 Å². The summed E-state index contributed by atoms with van der Waals surface area (Å²) >= 11 is 0. The minimum Gasteiger partial charge on any atom is -0.378 e. The van der Waals surface area contributed by atoms with E-state index in [9.17, 15) is 0 Å². The maximum Gasteiger partial charge on any atom is 0.161 e. The molecule has 5 nitrogen and oxygen atoms in total. The maximum absolute atomic E-state index is 5.89. The third kappa shape index (κ3) is 2.88. The molecule has 2 fully saturated rings. The van der Waals surface area contributed by atoms with Gasteiger partial charge in [0.15, 0.2) is 5.82 Å². The minimum absolute atomic E-state index is 0.430. The fraction of sp³-hybridized carbons (Fsp3) is 0.526. The fourth-order valence-corrected chi connectivity index (χ4v) is 3.93. The molecular formula is C19H24N4O. The quantitative estimate of drug-likeness (QED) is 0.936. The lowest BCUT2D eigenvalue weighted by Crippen LogP contribution is -2.38. The summed E-state index contributed by atoms with van der Waals surface area (Å²) in [6, 6.07) is 4.36. The van der Waals surface area contributed by atoms with Crippen LogP contribution in [-0.4, -0.2) is 33.7 Å². The largest absolute Gasteiger partial charge is 0.378 e. The van der Waals surface area contributed by atoms with Crippen LogP contribution in [-0.2, 0) is 4.74 Å². The highest BCUT2D eigenvalue weighted by molar-refractivity contribution is 5.59. The molecule has 1 saturated heterocycles. The van der Waals surface area contributed by atoms with Crippen LogP contribution < -0.4 is 5.32 Å². The average Bonchev–Trinajstić information content (AvgIpc) is 3.09. The minimum atomic E-state index is 0.430. The van der Waals surface area contributed by atoms with Crippen molar-refractivity contribution in [2.45, 2.75) is 51.7 Å². The molecule has 3 atom stereocenters. The Morgan fingerprint density at radius 2 is 1.92 bits per heavy atom. The summed E-state index contributed by atoms with van der Waals surface area (Å²) in [5.74, 6) is 2.34. The predicted molar refractivity (Wildman–Crippen MR) is 93.8 cm³/mol. The van der Waals surface area contributed by atoms with Gasteiger partial charge in [-0.1, -0.05) is 0 Å². The summed E-state index contributed by atoms with van der Waals surface area (Å²) in [5, 5.41) is 3.72. The van der Waals surface area contributed by atoms with Crippen molar-refractivity contribution in [2.24, 2.45) is 5.92 Å². The van der Waals surface area contributed by atoms with E-state index < -0.39 is 0 Å². The number of hydrogen-bond donors (Lipinski definition) is 1. The Labute approximate surface area is 142 Å². The molecule has 3 unspecified atom stereocenters. The number of nitrogens with zero attached hydrogens (tertiary/aromatic N) is 3. The van der Waals surface area contributed by atoms with E-state index >= 15 is 0 Å². The molecule has 0 amide bonds. The maximum atomic E-state index is 5.89. The first-order chi connectivity index (χ1) is 11.7. The summed E-state index contributed by atoms with van der Waals surface area (Å²) in [4.78, 5) is 13.6. The lowest BCUT2D eigenvalue weighted by molar-refractivity contribution is 0.0619. The van der Waals surface area contributed by atoms with Crippen LogP contribution in [0.25, 0.3) is 11.4 Å². The Balaban J connectivity index is 1.64. The highest BCUT2D eigenvalue weighted by atomic mass is 16.5. The zero-order chi connectivity index (χ0) is 16.5. The van der Waals surface area contributed by atoms with Gasteiger partial charge < -0.3 is 10.1 Å². The van der Waals surface area contributed by atoms with Gasteiger partial charge >= 0.3 is 0 Å². The average molecular weight is 324 g/mol. The number of aromatic nitrogens is 3.